The van der Waals surface area contributed by atoms with Crippen LogP contribution < -0.4 is 5.73 Å². The molecule has 1 aliphatic heterocycles. The Kier molecular flexibility index (Phi) is 1.99. The zero-order chi connectivity index (χ0) is 8.39. The van der Waals surface area contributed by atoms with Gasteiger partial charge in [-0.25, -0.2) is 0 Å². The summed E-state index contributed by atoms with van der Waals surface area (Å²) in [5.41, 5.74) is 6.61. The maximum atomic E-state index is 5.49. The van der Waals surface area contributed by atoms with Gasteiger partial charge in [0.1, 0.15) is 5.82 Å². The number of aromatic amines is 1. The summed E-state index contributed by atoms with van der Waals surface area (Å²) >= 11 is 0. The monoisotopic (exact) mass is 166 g/mol. The molecule has 2 heterocycles. The number of nitrogens with two attached hydrogens (primary N) is 1. The van der Waals surface area contributed by atoms with Gasteiger partial charge in [-0.2, -0.15) is 5.10 Å². The number of anilines is 1. The van der Waals surface area contributed by atoms with Crippen LogP contribution in [0.15, 0.2) is 6.07 Å². The first kappa shape index (κ1) is 7.61. The fourth-order valence-electron chi connectivity index (χ4n) is 1.64. The third-order valence-corrected chi connectivity index (χ3v) is 2.24. The van der Waals surface area contributed by atoms with Gasteiger partial charge < -0.3 is 5.73 Å². The van der Waals surface area contributed by atoms with Gasteiger partial charge in [0, 0.05) is 12.6 Å². The van der Waals surface area contributed by atoms with Crippen molar-refractivity contribution in [3.63, 3.8) is 0 Å². The molecule has 4 heteroatoms. The Morgan fingerprint density at radius 1 is 1.50 bits per heavy atom. The standard InChI is InChI=1S/C8H14N4/c9-8-5-7(10-11-8)6-12-3-1-2-4-12/h5H,1-4,6H2,(H3,9,10,11). The van der Waals surface area contributed by atoms with Crippen molar-refractivity contribution in [2.45, 2.75) is 19.4 Å². The van der Waals surface area contributed by atoms with Crippen LogP contribution in [-0.4, -0.2) is 28.2 Å². The Bertz CT molecular complexity index is 249. The molecule has 0 radical (unpaired) electrons. The minimum atomic E-state index is 0.587. The fraction of sp³-hybridized carbons (Fsp3) is 0.625. The van der Waals surface area contributed by atoms with Gasteiger partial charge >= 0.3 is 0 Å². The molecule has 0 unspecified atom stereocenters. The third kappa shape index (κ3) is 1.58. The van der Waals surface area contributed by atoms with Crippen molar-refractivity contribution in [1.82, 2.24) is 15.1 Å². The molecule has 1 saturated heterocycles. The van der Waals surface area contributed by atoms with Crippen molar-refractivity contribution in [3.05, 3.63) is 11.8 Å². The van der Waals surface area contributed by atoms with Crippen molar-refractivity contribution < 1.29 is 0 Å². The van der Waals surface area contributed by atoms with E-state index in [1.807, 2.05) is 6.07 Å². The van der Waals surface area contributed by atoms with Crippen LogP contribution in [0.2, 0.25) is 0 Å². The molecule has 1 fully saturated rings. The van der Waals surface area contributed by atoms with Gasteiger partial charge in [-0.3, -0.25) is 10.00 Å². The predicted molar refractivity (Wildman–Crippen MR) is 47.5 cm³/mol. The normalized spacial score (nSPS) is 18.7. The van der Waals surface area contributed by atoms with E-state index in [0.29, 0.717) is 5.82 Å². The molecular weight excluding hydrogens is 152 g/mol. The second-order valence-electron chi connectivity index (χ2n) is 3.30. The average Bonchev–Trinajstić information content (AvgIpc) is 2.63. The summed E-state index contributed by atoms with van der Waals surface area (Å²) in [5, 5.41) is 6.80. The maximum absolute atomic E-state index is 5.49. The minimum absolute atomic E-state index is 0.587. The van der Waals surface area contributed by atoms with Gasteiger partial charge in [0.05, 0.1) is 5.69 Å². The molecule has 0 amide bonds. The van der Waals surface area contributed by atoms with Gasteiger partial charge in [-0.15, -0.1) is 0 Å². The Balaban J connectivity index is 1.94. The van der Waals surface area contributed by atoms with Crippen LogP contribution >= 0.6 is 0 Å². The topological polar surface area (TPSA) is 57.9 Å². The fourth-order valence-corrected chi connectivity index (χ4v) is 1.64. The Morgan fingerprint density at radius 3 is 2.83 bits per heavy atom. The number of nitrogens with zero attached hydrogens (tertiary/aromatic N) is 2. The summed E-state index contributed by atoms with van der Waals surface area (Å²) in [5.74, 6) is 0.587. The van der Waals surface area contributed by atoms with Crippen molar-refractivity contribution in [3.8, 4) is 0 Å². The average molecular weight is 166 g/mol. The van der Waals surface area contributed by atoms with Gasteiger partial charge in [-0.05, 0) is 25.9 Å². The summed E-state index contributed by atoms with van der Waals surface area (Å²) in [4.78, 5) is 2.41. The zero-order valence-electron chi connectivity index (χ0n) is 7.08. The van der Waals surface area contributed by atoms with Crippen LogP contribution in [0.3, 0.4) is 0 Å². The lowest BCUT2D eigenvalue weighted by Gasteiger charge is -2.11. The Labute approximate surface area is 71.7 Å². The molecule has 66 valence electrons. The van der Waals surface area contributed by atoms with E-state index in [2.05, 4.69) is 15.1 Å². The number of hydrogen-bond donors (Lipinski definition) is 2. The maximum Gasteiger partial charge on any atom is 0.145 e. The molecule has 1 aromatic heterocycles. The SMILES string of the molecule is Nc1cc(CN2CCCC2)[nH]n1. The van der Waals surface area contributed by atoms with Crippen molar-refractivity contribution in [2.75, 3.05) is 18.8 Å². The molecular formula is C8H14N4. The van der Waals surface area contributed by atoms with Crippen LogP contribution in [0, 0.1) is 0 Å². The molecule has 12 heavy (non-hydrogen) atoms. The van der Waals surface area contributed by atoms with Crippen molar-refractivity contribution in [2.24, 2.45) is 0 Å². The summed E-state index contributed by atoms with van der Waals surface area (Å²) in [6, 6.07) is 1.90. The summed E-state index contributed by atoms with van der Waals surface area (Å²) in [7, 11) is 0. The van der Waals surface area contributed by atoms with Crippen molar-refractivity contribution >= 4 is 5.82 Å². The first-order valence-electron chi connectivity index (χ1n) is 4.37. The number of rotatable bonds is 2. The van der Waals surface area contributed by atoms with Crippen LogP contribution in [0.1, 0.15) is 18.5 Å². The Hall–Kier alpha value is -1.03. The third-order valence-electron chi connectivity index (χ3n) is 2.24. The van der Waals surface area contributed by atoms with Gasteiger partial charge in [0.25, 0.3) is 0 Å². The minimum Gasteiger partial charge on any atom is -0.382 e. The molecule has 0 aliphatic carbocycles. The van der Waals surface area contributed by atoms with E-state index in [4.69, 9.17) is 5.73 Å². The molecule has 0 saturated carbocycles. The first-order chi connectivity index (χ1) is 5.84. The molecule has 1 aromatic rings. The predicted octanol–water partition coefficient (Wildman–Crippen LogP) is 0.588. The molecule has 0 aromatic carbocycles. The second-order valence-corrected chi connectivity index (χ2v) is 3.30. The van der Waals surface area contributed by atoms with Gasteiger partial charge in [0.2, 0.25) is 0 Å². The highest BCUT2D eigenvalue weighted by Gasteiger charge is 2.12. The van der Waals surface area contributed by atoms with E-state index in [9.17, 15) is 0 Å². The number of aromatic nitrogens is 2. The lowest BCUT2D eigenvalue weighted by Crippen LogP contribution is -2.18. The molecule has 1 aliphatic rings. The lowest BCUT2D eigenvalue weighted by atomic mass is 10.4. The number of H-pyrrole nitrogens is 1. The quantitative estimate of drug-likeness (QED) is 0.676. The van der Waals surface area contributed by atoms with Crippen molar-refractivity contribution in [1.29, 1.82) is 0 Å². The second kappa shape index (κ2) is 3.15. The van der Waals surface area contributed by atoms with Gasteiger partial charge in [-0.1, -0.05) is 0 Å². The Morgan fingerprint density at radius 2 is 2.25 bits per heavy atom. The largest absolute Gasteiger partial charge is 0.382 e. The van der Waals surface area contributed by atoms with Crippen LogP contribution in [0.4, 0.5) is 5.82 Å². The number of hydrogen-bond acceptors (Lipinski definition) is 3. The zero-order valence-corrected chi connectivity index (χ0v) is 7.08. The summed E-state index contributed by atoms with van der Waals surface area (Å²) in [6.45, 7) is 3.38. The van der Waals surface area contributed by atoms with E-state index in [1.54, 1.807) is 0 Å². The number of nitrogens with one attached hydrogen (secondary N) is 1. The van der Waals surface area contributed by atoms with E-state index in [0.717, 1.165) is 12.2 Å². The number of nitrogen functional groups attached to an aromatic ring is 1. The highest BCUT2D eigenvalue weighted by atomic mass is 15.2. The molecule has 2 rings (SSSR count). The first-order valence-corrected chi connectivity index (χ1v) is 4.37. The van der Waals surface area contributed by atoms with Gasteiger partial charge in [0.15, 0.2) is 0 Å². The van der Waals surface area contributed by atoms with E-state index in [1.165, 1.54) is 25.9 Å². The van der Waals surface area contributed by atoms with Crippen LogP contribution in [0.25, 0.3) is 0 Å². The summed E-state index contributed by atoms with van der Waals surface area (Å²) in [6.07, 6.45) is 2.65. The van der Waals surface area contributed by atoms with E-state index >= 15 is 0 Å². The summed E-state index contributed by atoms with van der Waals surface area (Å²) < 4.78 is 0. The lowest BCUT2D eigenvalue weighted by molar-refractivity contribution is 0.327. The molecule has 4 nitrogen and oxygen atoms in total. The highest BCUT2D eigenvalue weighted by Crippen LogP contribution is 2.11. The van der Waals surface area contributed by atoms with Crippen LogP contribution in [-0.2, 0) is 6.54 Å². The van der Waals surface area contributed by atoms with Crippen LogP contribution in [0.5, 0.6) is 0 Å². The van der Waals surface area contributed by atoms with E-state index < -0.39 is 0 Å². The van der Waals surface area contributed by atoms with E-state index in [-0.39, 0.29) is 0 Å². The molecule has 0 spiro atoms. The molecule has 3 N–H and O–H groups in total. The molecule has 0 atom stereocenters. The smallest absolute Gasteiger partial charge is 0.145 e. The molecule has 0 bridgehead atoms. The number of likely N-dealkylation sites (tertiary alicyclic amines) is 1. The highest BCUT2D eigenvalue weighted by molar-refractivity contribution is 5.28.